The molecule has 0 radical (unpaired) electrons. The Morgan fingerprint density at radius 1 is 1.36 bits per heavy atom. The van der Waals surface area contributed by atoms with Crippen LogP contribution in [0.25, 0.3) is 0 Å². The highest BCUT2D eigenvalue weighted by Crippen LogP contribution is 2.19. The average Bonchev–Trinajstić information content (AvgIpc) is 2.17. The van der Waals surface area contributed by atoms with E-state index in [-0.39, 0.29) is 6.10 Å². The molecule has 0 saturated heterocycles. The summed E-state index contributed by atoms with van der Waals surface area (Å²) in [6, 6.07) is 0. The van der Waals surface area contributed by atoms with Gasteiger partial charge in [-0.25, -0.2) is 0 Å². The van der Waals surface area contributed by atoms with Gasteiger partial charge in [-0.1, -0.05) is 18.9 Å². The molecule has 0 aromatic carbocycles. The van der Waals surface area contributed by atoms with Crippen molar-refractivity contribution in [1.82, 2.24) is 0 Å². The molecule has 0 amide bonds. The van der Waals surface area contributed by atoms with Crippen LogP contribution in [0.5, 0.6) is 0 Å². The second-order valence-corrected chi connectivity index (χ2v) is 4.25. The second kappa shape index (κ2) is 7.02. The van der Waals surface area contributed by atoms with Crippen LogP contribution >= 0.6 is 0 Å². The highest BCUT2D eigenvalue weighted by Gasteiger charge is 2.26. The van der Waals surface area contributed by atoms with E-state index >= 15 is 0 Å². The van der Waals surface area contributed by atoms with E-state index in [9.17, 15) is 5.11 Å². The molecule has 0 aliphatic rings. The molecule has 1 atom stereocenters. The zero-order chi connectivity index (χ0) is 11.0. The Bertz CT molecular complexity index is 152. The zero-order valence-electron chi connectivity index (χ0n) is 9.75. The van der Waals surface area contributed by atoms with E-state index in [0.717, 1.165) is 25.7 Å². The number of rotatable bonds is 8. The molecule has 1 unspecified atom stereocenters. The minimum atomic E-state index is -0.418. The van der Waals surface area contributed by atoms with Gasteiger partial charge in [0.25, 0.3) is 0 Å². The van der Waals surface area contributed by atoms with E-state index in [1.165, 1.54) is 6.42 Å². The van der Waals surface area contributed by atoms with Crippen LogP contribution in [-0.4, -0.2) is 23.9 Å². The Morgan fingerprint density at radius 3 is 2.50 bits per heavy atom. The van der Waals surface area contributed by atoms with Crippen LogP contribution in [0, 0.1) is 0 Å². The van der Waals surface area contributed by atoms with E-state index < -0.39 is 5.60 Å². The van der Waals surface area contributed by atoms with Gasteiger partial charge >= 0.3 is 0 Å². The maximum absolute atomic E-state index is 9.79. The first kappa shape index (κ1) is 13.7. The van der Waals surface area contributed by atoms with Gasteiger partial charge in [-0.2, -0.15) is 0 Å². The molecule has 14 heavy (non-hydrogen) atoms. The van der Waals surface area contributed by atoms with Gasteiger partial charge in [0.1, 0.15) is 0 Å². The first-order valence-corrected chi connectivity index (χ1v) is 5.38. The molecule has 0 fully saturated rings. The molecule has 0 heterocycles. The average molecular weight is 200 g/mol. The van der Waals surface area contributed by atoms with Crippen molar-refractivity contribution in [2.24, 2.45) is 0 Å². The first-order valence-electron chi connectivity index (χ1n) is 5.38. The predicted molar refractivity (Wildman–Crippen MR) is 60.4 cm³/mol. The smallest absolute Gasteiger partial charge is 0.0880 e. The maximum Gasteiger partial charge on any atom is 0.0880 e. The Hall–Kier alpha value is -0.340. The molecular formula is C12H24O2. The Kier molecular flexibility index (Phi) is 6.85. The predicted octanol–water partition coefficient (Wildman–Crippen LogP) is 2.91. The number of allylic oxidation sites excluding steroid dienone is 1. The lowest BCUT2D eigenvalue weighted by atomic mass is 9.96. The molecule has 0 bridgehead atoms. The van der Waals surface area contributed by atoms with Gasteiger partial charge in [0.15, 0.2) is 0 Å². The van der Waals surface area contributed by atoms with Crippen molar-refractivity contribution in [2.45, 2.75) is 57.7 Å². The zero-order valence-corrected chi connectivity index (χ0v) is 9.75. The van der Waals surface area contributed by atoms with Crippen molar-refractivity contribution >= 4 is 0 Å². The van der Waals surface area contributed by atoms with Crippen molar-refractivity contribution in [1.29, 1.82) is 0 Å². The molecule has 0 aliphatic heterocycles. The van der Waals surface area contributed by atoms with E-state index in [1.807, 2.05) is 19.9 Å². The van der Waals surface area contributed by atoms with Gasteiger partial charge in [-0.3, -0.25) is 0 Å². The summed E-state index contributed by atoms with van der Waals surface area (Å²) in [7, 11) is 1.64. The molecule has 1 N–H and O–H groups in total. The van der Waals surface area contributed by atoms with Crippen LogP contribution in [0.15, 0.2) is 12.7 Å². The molecule has 84 valence electrons. The lowest BCUT2D eigenvalue weighted by molar-refractivity contribution is -0.0807. The summed E-state index contributed by atoms with van der Waals surface area (Å²) in [5.41, 5.74) is -0.418. The molecule has 0 rings (SSSR count). The van der Waals surface area contributed by atoms with Crippen molar-refractivity contribution in [3.63, 3.8) is 0 Å². The standard InChI is InChI=1S/C12H24O2/c1-5-6-7-8-9-10-11(13)12(2,3)14-4/h5,11,13H,1,6-10H2,2-4H3. The maximum atomic E-state index is 9.79. The lowest BCUT2D eigenvalue weighted by Gasteiger charge is -2.28. The number of methoxy groups -OCH3 is 1. The summed E-state index contributed by atoms with van der Waals surface area (Å²) < 4.78 is 5.21. The third-order valence-electron chi connectivity index (χ3n) is 2.71. The van der Waals surface area contributed by atoms with Gasteiger partial charge in [0, 0.05) is 7.11 Å². The van der Waals surface area contributed by atoms with Crippen molar-refractivity contribution in [3.05, 3.63) is 12.7 Å². The quantitative estimate of drug-likeness (QED) is 0.482. The van der Waals surface area contributed by atoms with Gasteiger partial charge in [0.05, 0.1) is 11.7 Å². The monoisotopic (exact) mass is 200 g/mol. The van der Waals surface area contributed by atoms with Crippen LogP contribution < -0.4 is 0 Å². The van der Waals surface area contributed by atoms with Crippen LogP contribution in [0.2, 0.25) is 0 Å². The van der Waals surface area contributed by atoms with E-state index in [4.69, 9.17) is 4.74 Å². The fourth-order valence-corrected chi connectivity index (χ4v) is 1.29. The third-order valence-corrected chi connectivity index (χ3v) is 2.71. The minimum absolute atomic E-state index is 0.365. The first-order chi connectivity index (χ1) is 6.54. The summed E-state index contributed by atoms with van der Waals surface area (Å²) >= 11 is 0. The fourth-order valence-electron chi connectivity index (χ4n) is 1.29. The van der Waals surface area contributed by atoms with Gasteiger partial charge in [-0.15, -0.1) is 6.58 Å². The summed E-state index contributed by atoms with van der Waals surface area (Å²) in [6.45, 7) is 7.51. The molecule has 0 spiro atoms. The van der Waals surface area contributed by atoms with Gasteiger partial charge in [0.2, 0.25) is 0 Å². The number of aliphatic hydroxyl groups is 1. The largest absolute Gasteiger partial charge is 0.390 e. The minimum Gasteiger partial charge on any atom is -0.390 e. The number of hydrogen-bond donors (Lipinski definition) is 1. The Balaban J connectivity index is 3.53. The van der Waals surface area contributed by atoms with Crippen molar-refractivity contribution < 1.29 is 9.84 Å². The van der Waals surface area contributed by atoms with Crippen LogP contribution in [0.1, 0.15) is 46.0 Å². The third kappa shape index (κ3) is 5.40. The summed E-state index contributed by atoms with van der Waals surface area (Å²) in [4.78, 5) is 0. The molecule has 2 nitrogen and oxygen atoms in total. The van der Waals surface area contributed by atoms with Crippen LogP contribution in [0.3, 0.4) is 0 Å². The van der Waals surface area contributed by atoms with E-state index in [2.05, 4.69) is 6.58 Å². The number of unbranched alkanes of at least 4 members (excludes halogenated alkanes) is 3. The van der Waals surface area contributed by atoms with E-state index in [1.54, 1.807) is 7.11 Å². The molecular weight excluding hydrogens is 176 g/mol. The molecule has 0 saturated carbocycles. The number of ether oxygens (including phenoxy) is 1. The molecule has 0 aromatic rings. The lowest BCUT2D eigenvalue weighted by Crippen LogP contribution is -2.37. The molecule has 0 aromatic heterocycles. The number of aliphatic hydroxyl groups excluding tert-OH is 1. The molecule has 2 heteroatoms. The summed E-state index contributed by atoms with van der Waals surface area (Å²) in [5, 5.41) is 9.79. The van der Waals surface area contributed by atoms with Crippen molar-refractivity contribution in [3.8, 4) is 0 Å². The highest BCUT2D eigenvalue weighted by atomic mass is 16.5. The van der Waals surface area contributed by atoms with Gasteiger partial charge in [-0.05, 0) is 33.1 Å². The van der Waals surface area contributed by atoms with Crippen LogP contribution in [-0.2, 0) is 4.74 Å². The SMILES string of the molecule is C=CCCCCCC(O)C(C)(C)OC. The van der Waals surface area contributed by atoms with Crippen molar-refractivity contribution in [2.75, 3.05) is 7.11 Å². The number of hydrogen-bond acceptors (Lipinski definition) is 2. The van der Waals surface area contributed by atoms with Crippen LogP contribution in [0.4, 0.5) is 0 Å². The Morgan fingerprint density at radius 2 is 2.00 bits per heavy atom. The highest BCUT2D eigenvalue weighted by molar-refractivity contribution is 4.78. The van der Waals surface area contributed by atoms with Gasteiger partial charge < -0.3 is 9.84 Å². The summed E-state index contributed by atoms with van der Waals surface area (Å²) in [5.74, 6) is 0. The second-order valence-electron chi connectivity index (χ2n) is 4.25. The van der Waals surface area contributed by atoms with E-state index in [0.29, 0.717) is 0 Å². The molecule has 0 aliphatic carbocycles. The Labute approximate surface area is 88.0 Å². The summed E-state index contributed by atoms with van der Waals surface area (Å²) in [6.07, 6.45) is 6.85. The topological polar surface area (TPSA) is 29.5 Å². The fraction of sp³-hybridized carbons (Fsp3) is 0.833. The normalized spacial score (nSPS) is 14.0.